The van der Waals surface area contributed by atoms with E-state index in [1.165, 1.54) is 0 Å². The van der Waals surface area contributed by atoms with Crippen molar-refractivity contribution in [2.24, 2.45) is 5.73 Å². The zero-order chi connectivity index (χ0) is 12.3. The standard InChI is InChI=1S/C13H14BrN3/c1-9-6-7-16-13(12(9)14)17-11-5-3-2-4-10(11)8-15/h2-7H,8,15H2,1H3,(H,16,17). The molecule has 0 radical (unpaired) electrons. The average molecular weight is 292 g/mol. The molecule has 4 heteroatoms. The van der Waals surface area contributed by atoms with E-state index in [-0.39, 0.29) is 0 Å². The molecule has 0 aliphatic carbocycles. The Hall–Kier alpha value is -1.39. The van der Waals surface area contributed by atoms with Crippen LogP contribution in [0.25, 0.3) is 0 Å². The third kappa shape index (κ3) is 2.65. The van der Waals surface area contributed by atoms with Gasteiger partial charge >= 0.3 is 0 Å². The van der Waals surface area contributed by atoms with E-state index in [1.54, 1.807) is 6.20 Å². The van der Waals surface area contributed by atoms with E-state index < -0.39 is 0 Å². The van der Waals surface area contributed by atoms with Gasteiger partial charge in [0.1, 0.15) is 5.82 Å². The molecule has 88 valence electrons. The molecule has 1 aromatic carbocycles. The van der Waals surface area contributed by atoms with Crippen LogP contribution in [-0.2, 0) is 6.54 Å². The number of nitrogens with one attached hydrogen (secondary N) is 1. The molecule has 0 fully saturated rings. The molecule has 0 atom stereocenters. The van der Waals surface area contributed by atoms with Gasteiger partial charge in [0.15, 0.2) is 0 Å². The van der Waals surface area contributed by atoms with Gasteiger partial charge in [0, 0.05) is 18.4 Å². The molecule has 0 saturated heterocycles. The Kier molecular flexibility index (Phi) is 3.76. The fourth-order valence-corrected chi connectivity index (χ4v) is 1.91. The van der Waals surface area contributed by atoms with E-state index in [0.29, 0.717) is 6.54 Å². The highest BCUT2D eigenvalue weighted by atomic mass is 79.9. The van der Waals surface area contributed by atoms with Gasteiger partial charge in [0.2, 0.25) is 0 Å². The number of hydrogen-bond acceptors (Lipinski definition) is 3. The van der Waals surface area contributed by atoms with Crippen LogP contribution < -0.4 is 11.1 Å². The molecular weight excluding hydrogens is 278 g/mol. The predicted molar refractivity (Wildman–Crippen MR) is 74.3 cm³/mol. The smallest absolute Gasteiger partial charge is 0.144 e. The average Bonchev–Trinajstić information content (AvgIpc) is 2.35. The van der Waals surface area contributed by atoms with E-state index in [0.717, 1.165) is 27.1 Å². The van der Waals surface area contributed by atoms with Crippen molar-refractivity contribution in [3.8, 4) is 0 Å². The SMILES string of the molecule is Cc1ccnc(Nc2ccccc2CN)c1Br. The second kappa shape index (κ2) is 5.29. The second-order valence-electron chi connectivity index (χ2n) is 3.78. The summed E-state index contributed by atoms with van der Waals surface area (Å²) in [5.74, 6) is 0.811. The molecule has 0 amide bonds. The van der Waals surface area contributed by atoms with Gasteiger partial charge in [-0.05, 0) is 46.1 Å². The first-order chi connectivity index (χ1) is 8.22. The molecule has 3 nitrogen and oxygen atoms in total. The van der Waals surface area contributed by atoms with E-state index >= 15 is 0 Å². The van der Waals surface area contributed by atoms with Crippen LogP contribution in [0.2, 0.25) is 0 Å². The number of para-hydroxylation sites is 1. The predicted octanol–water partition coefficient (Wildman–Crippen LogP) is 3.35. The highest BCUT2D eigenvalue weighted by Crippen LogP contribution is 2.27. The first-order valence-electron chi connectivity index (χ1n) is 5.38. The Labute approximate surface area is 109 Å². The molecule has 3 N–H and O–H groups in total. The van der Waals surface area contributed by atoms with Crippen molar-refractivity contribution < 1.29 is 0 Å². The third-order valence-electron chi connectivity index (χ3n) is 2.57. The maximum atomic E-state index is 5.70. The first kappa shape index (κ1) is 12.1. The van der Waals surface area contributed by atoms with Crippen LogP contribution in [0.3, 0.4) is 0 Å². The number of hydrogen-bond donors (Lipinski definition) is 2. The van der Waals surface area contributed by atoms with Crippen LogP contribution in [0, 0.1) is 6.92 Å². The lowest BCUT2D eigenvalue weighted by molar-refractivity contribution is 1.07. The van der Waals surface area contributed by atoms with E-state index in [1.807, 2.05) is 37.3 Å². The van der Waals surface area contributed by atoms with E-state index in [4.69, 9.17) is 5.73 Å². The number of nitrogens with two attached hydrogens (primary N) is 1. The molecular formula is C13H14BrN3. The van der Waals surface area contributed by atoms with Gasteiger partial charge in [0.25, 0.3) is 0 Å². The minimum atomic E-state index is 0.507. The Balaban J connectivity index is 2.35. The number of rotatable bonds is 3. The summed E-state index contributed by atoms with van der Waals surface area (Å²) in [5, 5.41) is 3.29. The maximum Gasteiger partial charge on any atom is 0.144 e. The zero-order valence-corrected chi connectivity index (χ0v) is 11.2. The van der Waals surface area contributed by atoms with Gasteiger partial charge in [-0.3, -0.25) is 0 Å². The molecule has 2 rings (SSSR count). The van der Waals surface area contributed by atoms with Crippen LogP contribution in [0.1, 0.15) is 11.1 Å². The number of halogens is 1. The molecule has 1 aromatic heterocycles. The van der Waals surface area contributed by atoms with Crippen LogP contribution in [0.15, 0.2) is 41.0 Å². The summed E-state index contributed by atoms with van der Waals surface area (Å²) in [4.78, 5) is 4.31. The summed E-state index contributed by atoms with van der Waals surface area (Å²) in [6, 6.07) is 9.92. The van der Waals surface area contributed by atoms with E-state index in [9.17, 15) is 0 Å². The number of nitrogens with zero attached hydrogens (tertiary/aromatic N) is 1. The highest BCUT2D eigenvalue weighted by Gasteiger charge is 2.06. The van der Waals surface area contributed by atoms with Crippen molar-refractivity contribution in [1.82, 2.24) is 4.98 Å². The largest absolute Gasteiger partial charge is 0.339 e. The normalized spacial score (nSPS) is 10.3. The van der Waals surface area contributed by atoms with Crippen molar-refractivity contribution in [3.63, 3.8) is 0 Å². The molecule has 2 aromatic rings. The summed E-state index contributed by atoms with van der Waals surface area (Å²) in [7, 11) is 0. The molecule has 1 heterocycles. The Morgan fingerprint density at radius 1 is 1.29 bits per heavy atom. The summed E-state index contributed by atoms with van der Waals surface area (Å²) < 4.78 is 0.979. The number of aromatic nitrogens is 1. The quantitative estimate of drug-likeness (QED) is 0.912. The lowest BCUT2D eigenvalue weighted by Crippen LogP contribution is -2.03. The molecule has 0 aliphatic heterocycles. The van der Waals surface area contributed by atoms with Crippen LogP contribution in [-0.4, -0.2) is 4.98 Å². The topological polar surface area (TPSA) is 50.9 Å². The fraction of sp³-hybridized carbons (Fsp3) is 0.154. The Bertz CT molecular complexity index is 526. The van der Waals surface area contributed by atoms with Crippen molar-refractivity contribution >= 4 is 27.4 Å². The van der Waals surface area contributed by atoms with Gasteiger partial charge in [-0.25, -0.2) is 4.98 Å². The summed E-state index contributed by atoms with van der Waals surface area (Å²) in [5.41, 5.74) is 8.91. The lowest BCUT2D eigenvalue weighted by Gasteiger charge is -2.12. The van der Waals surface area contributed by atoms with Gasteiger partial charge in [-0.15, -0.1) is 0 Å². The Morgan fingerprint density at radius 3 is 2.82 bits per heavy atom. The van der Waals surface area contributed by atoms with Gasteiger partial charge in [0.05, 0.1) is 4.47 Å². The maximum absolute atomic E-state index is 5.70. The molecule has 0 unspecified atom stereocenters. The second-order valence-corrected chi connectivity index (χ2v) is 4.57. The van der Waals surface area contributed by atoms with Crippen molar-refractivity contribution in [1.29, 1.82) is 0 Å². The number of aryl methyl sites for hydroxylation is 1. The Morgan fingerprint density at radius 2 is 2.06 bits per heavy atom. The molecule has 0 bridgehead atoms. The minimum Gasteiger partial charge on any atom is -0.339 e. The van der Waals surface area contributed by atoms with Crippen LogP contribution in [0.5, 0.6) is 0 Å². The zero-order valence-electron chi connectivity index (χ0n) is 9.57. The van der Waals surface area contributed by atoms with E-state index in [2.05, 4.69) is 26.2 Å². The summed E-state index contributed by atoms with van der Waals surface area (Å²) in [6.07, 6.45) is 1.79. The summed E-state index contributed by atoms with van der Waals surface area (Å²) >= 11 is 3.53. The fourth-order valence-electron chi connectivity index (χ4n) is 1.58. The minimum absolute atomic E-state index is 0.507. The lowest BCUT2D eigenvalue weighted by atomic mass is 10.2. The molecule has 17 heavy (non-hydrogen) atoms. The monoisotopic (exact) mass is 291 g/mol. The molecule has 0 spiro atoms. The highest BCUT2D eigenvalue weighted by molar-refractivity contribution is 9.10. The third-order valence-corrected chi connectivity index (χ3v) is 3.57. The molecule has 0 saturated carbocycles. The van der Waals surface area contributed by atoms with Gasteiger partial charge in [-0.2, -0.15) is 0 Å². The van der Waals surface area contributed by atoms with Gasteiger partial charge < -0.3 is 11.1 Å². The van der Waals surface area contributed by atoms with Crippen molar-refractivity contribution in [2.45, 2.75) is 13.5 Å². The van der Waals surface area contributed by atoms with Gasteiger partial charge in [-0.1, -0.05) is 18.2 Å². The number of pyridine rings is 1. The summed E-state index contributed by atoms with van der Waals surface area (Å²) in [6.45, 7) is 2.54. The molecule has 0 aliphatic rings. The first-order valence-corrected chi connectivity index (χ1v) is 6.17. The van der Waals surface area contributed by atoms with Crippen LogP contribution >= 0.6 is 15.9 Å². The number of anilines is 2. The van der Waals surface area contributed by atoms with Crippen molar-refractivity contribution in [2.75, 3.05) is 5.32 Å². The van der Waals surface area contributed by atoms with Crippen molar-refractivity contribution in [3.05, 3.63) is 52.1 Å². The van der Waals surface area contributed by atoms with Crippen LogP contribution in [0.4, 0.5) is 11.5 Å². The number of benzene rings is 1.